The van der Waals surface area contributed by atoms with E-state index in [1.54, 1.807) is 56.3 Å². The normalized spacial score (nSPS) is 14.2. The first kappa shape index (κ1) is 33.2. The molecule has 3 aromatic rings. The molecule has 11 nitrogen and oxygen atoms in total. The Morgan fingerprint density at radius 2 is 1.89 bits per heavy atom. The van der Waals surface area contributed by atoms with Crippen LogP contribution in [0.3, 0.4) is 0 Å². The topological polar surface area (TPSA) is 143 Å². The molecule has 1 amide bonds. The number of hydrogen-bond acceptors (Lipinski definition) is 9. The van der Waals surface area contributed by atoms with Crippen molar-refractivity contribution in [2.24, 2.45) is 5.10 Å². The molecule has 1 heterocycles. The average molecular weight is 740 g/mol. The van der Waals surface area contributed by atoms with Gasteiger partial charge in [0.05, 0.1) is 43.2 Å². The molecule has 0 bridgehead atoms. The SMILES string of the molecule is CCOC(=O)C1=C(C)NC(=S)N[C@H]1c1ccccc1OCC(=O)NN=Cc1cc(I)cc(OC)c1OCc1ccccc1C#N. The number of nitrogens with one attached hydrogen (secondary N) is 3. The van der Waals surface area contributed by atoms with Crippen LogP contribution in [0, 0.1) is 14.9 Å². The third-order valence-corrected chi connectivity index (χ3v) is 7.37. The van der Waals surface area contributed by atoms with Crippen molar-refractivity contribution in [3.05, 3.63) is 97.8 Å². The van der Waals surface area contributed by atoms with Gasteiger partial charge in [0, 0.05) is 26.0 Å². The van der Waals surface area contributed by atoms with E-state index in [1.165, 1.54) is 13.3 Å². The van der Waals surface area contributed by atoms with Gasteiger partial charge in [0.15, 0.2) is 23.2 Å². The number of hydrogen-bond donors (Lipinski definition) is 3. The van der Waals surface area contributed by atoms with Gasteiger partial charge in [0.25, 0.3) is 5.91 Å². The summed E-state index contributed by atoms with van der Waals surface area (Å²) in [4.78, 5) is 25.5. The number of allylic oxidation sites excluding steroid dienone is 1. The molecule has 0 fully saturated rings. The molecular formula is C32H30IN5O6S. The molecule has 0 aliphatic carbocycles. The quantitative estimate of drug-likeness (QED) is 0.0791. The predicted molar refractivity (Wildman–Crippen MR) is 180 cm³/mol. The molecule has 0 radical (unpaired) electrons. The Kier molecular flexibility index (Phi) is 11.7. The highest BCUT2D eigenvalue weighted by atomic mass is 127. The minimum atomic E-state index is -0.649. The number of halogens is 1. The van der Waals surface area contributed by atoms with Crippen LogP contribution in [0.5, 0.6) is 17.2 Å². The molecule has 13 heteroatoms. The Morgan fingerprint density at radius 1 is 1.13 bits per heavy atom. The number of thiocarbonyl (C=S) groups is 1. The molecular weight excluding hydrogens is 709 g/mol. The summed E-state index contributed by atoms with van der Waals surface area (Å²) < 4.78 is 23.6. The van der Waals surface area contributed by atoms with E-state index in [-0.39, 0.29) is 19.8 Å². The highest BCUT2D eigenvalue weighted by Gasteiger charge is 2.32. The highest BCUT2D eigenvalue weighted by Crippen LogP contribution is 2.35. The third-order valence-electron chi connectivity index (χ3n) is 6.52. The van der Waals surface area contributed by atoms with Crippen LogP contribution < -0.4 is 30.3 Å². The van der Waals surface area contributed by atoms with Crippen molar-refractivity contribution in [2.45, 2.75) is 26.5 Å². The number of hydrazone groups is 1. The summed E-state index contributed by atoms with van der Waals surface area (Å²) in [6.07, 6.45) is 1.45. The molecule has 232 valence electrons. The van der Waals surface area contributed by atoms with E-state index in [1.807, 2.05) is 18.2 Å². The zero-order valence-electron chi connectivity index (χ0n) is 24.7. The lowest BCUT2D eigenvalue weighted by molar-refractivity contribution is -0.139. The Balaban J connectivity index is 1.47. The summed E-state index contributed by atoms with van der Waals surface area (Å²) in [6, 6.07) is 19.3. The van der Waals surface area contributed by atoms with E-state index in [0.717, 1.165) is 9.13 Å². The Morgan fingerprint density at radius 3 is 2.64 bits per heavy atom. The molecule has 3 aromatic carbocycles. The van der Waals surface area contributed by atoms with Gasteiger partial charge in [0.2, 0.25) is 0 Å². The van der Waals surface area contributed by atoms with Crippen LogP contribution in [-0.4, -0.2) is 43.5 Å². The van der Waals surface area contributed by atoms with Crippen molar-refractivity contribution in [1.29, 1.82) is 5.26 Å². The third kappa shape index (κ3) is 8.49. The number of nitrogens with zero attached hydrogens (tertiary/aromatic N) is 2. The number of para-hydroxylation sites is 1. The number of carbonyl (C=O) groups excluding carboxylic acids is 2. The lowest BCUT2D eigenvalue weighted by Crippen LogP contribution is -2.45. The standard InChI is InChI=1S/C32H30IN5O6S/c1-4-42-31(40)28-19(2)36-32(45)37-29(28)24-11-7-8-12-25(24)43-18-27(39)38-35-16-22-13-23(33)14-26(41-3)30(22)44-17-21-10-6-5-9-20(21)15-34/h5-14,16,29H,4,17-18H2,1-3H3,(H,38,39)(H2,36,37,45)/t29-/m0/s1. The van der Waals surface area contributed by atoms with Gasteiger partial charge in [0.1, 0.15) is 12.4 Å². The number of esters is 1. The van der Waals surface area contributed by atoms with Crippen molar-refractivity contribution < 1.29 is 28.5 Å². The maximum absolute atomic E-state index is 12.8. The number of nitriles is 1. The molecule has 0 unspecified atom stereocenters. The number of benzene rings is 3. The highest BCUT2D eigenvalue weighted by molar-refractivity contribution is 14.1. The van der Waals surface area contributed by atoms with Crippen LogP contribution in [0.2, 0.25) is 0 Å². The van der Waals surface area contributed by atoms with Crippen molar-refractivity contribution in [3.63, 3.8) is 0 Å². The first-order valence-electron chi connectivity index (χ1n) is 13.7. The van der Waals surface area contributed by atoms with Crippen LogP contribution >= 0.6 is 34.8 Å². The molecule has 0 spiro atoms. The Hall–Kier alpha value is -4.68. The maximum Gasteiger partial charge on any atom is 0.338 e. The Bertz CT molecular complexity index is 1700. The molecule has 3 N–H and O–H groups in total. The van der Waals surface area contributed by atoms with E-state index in [0.29, 0.717) is 50.3 Å². The summed E-state index contributed by atoms with van der Waals surface area (Å²) in [6.45, 7) is 3.46. The van der Waals surface area contributed by atoms with E-state index in [4.69, 9.17) is 31.2 Å². The van der Waals surface area contributed by atoms with E-state index >= 15 is 0 Å². The fraction of sp³-hybridized carbons (Fsp3) is 0.219. The number of amides is 1. The lowest BCUT2D eigenvalue weighted by atomic mass is 9.95. The van der Waals surface area contributed by atoms with Gasteiger partial charge in [-0.3, -0.25) is 4.79 Å². The second-order valence-electron chi connectivity index (χ2n) is 9.49. The van der Waals surface area contributed by atoms with Crippen LogP contribution in [0.25, 0.3) is 0 Å². The molecule has 45 heavy (non-hydrogen) atoms. The molecule has 1 atom stereocenters. The second-order valence-corrected chi connectivity index (χ2v) is 11.1. The summed E-state index contributed by atoms with van der Waals surface area (Å²) in [5.74, 6) is 0.247. The van der Waals surface area contributed by atoms with Crippen LogP contribution in [0.15, 0.2) is 77.0 Å². The first-order valence-corrected chi connectivity index (χ1v) is 15.2. The zero-order chi connectivity index (χ0) is 32.3. The van der Waals surface area contributed by atoms with Crippen molar-refractivity contribution in [1.82, 2.24) is 16.1 Å². The van der Waals surface area contributed by atoms with Crippen LogP contribution in [0.4, 0.5) is 0 Å². The van der Waals surface area contributed by atoms with E-state index < -0.39 is 17.9 Å². The van der Waals surface area contributed by atoms with Crippen molar-refractivity contribution in [3.8, 4) is 23.3 Å². The summed E-state index contributed by atoms with van der Waals surface area (Å²) >= 11 is 7.47. The van der Waals surface area contributed by atoms with Crippen LogP contribution in [-0.2, 0) is 20.9 Å². The van der Waals surface area contributed by atoms with Gasteiger partial charge < -0.3 is 29.6 Å². The number of ether oxygens (including phenoxy) is 4. The predicted octanol–water partition coefficient (Wildman–Crippen LogP) is 4.64. The van der Waals surface area contributed by atoms with Gasteiger partial charge in [-0.2, -0.15) is 10.4 Å². The van der Waals surface area contributed by atoms with Gasteiger partial charge in [-0.15, -0.1) is 0 Å². The van der Waals surface area contributed by atoms with E-state index in [2.05, 4.69) is 49.8 Å². The number of methoxy groups -OCH3 is 1. The van der Waals surface area contributed by atoms with Crippen molar-refractivity contribution >= 4 is 58.0 Å². The fourth-order valence-electron chi connectivity index (χ4n) is 4.50. The minimum absolute atomic E-state index is 0.129. The molecule has 0 saturated carbocycles. The number of rotatable bonds is 12. The minimum Gasteiger partial charge on any atom is -0.493 e. The molecule has 1 aliphatic rings. The van der Waals surface area contributed by atoms with Gasteiger partial charge in [-0.25, -0.2) is 10.2 Å². The van der Waals surface area contributed by atoms with E-state index in [9.17, 15) is 14.9 Å². The number of carbonyl (C=O) groups is 2. The maximum atomic E-state index is 12.8. The van der Waals surface area contributed by atoms with Gasteiger partial charge >= 0.3 is 5.97 Å². The van der Waals surface area contributed by atoms with Crippen molar-refractivity contribution in [2.75, 3.05) is 20.3 Å². The summed E-state index contributed by atoms with van der Waals surface area (Å²) in [7, 11) is 1.53. The second kappa shape index (κ2) is 15.9. The lowest BCUT2D eigenvalue weighted by Gasteiger charge is -2.30. The largest absolute Gasteiger partial charge is 0.493 e. The molecule has 0 aromatic heterocycles. The van der Waals surface area contributed by atoms with Gasteiger partial charge in [-0.1, -0.05) is 36.4 Å². The Labute approximate surface area is 279 Å². The fourth-order valence-corrected chi connectivity index (χ4v) is 5.39. The zero-order valence-corrected chi connectivity index (χ0v) is 27.7. The average Bonchev–Trinajstić information content (AvgIpc) is 3.03. The smallest absolute Gasteiger partial charge is 0.338 e. The molecule has 1 aliphatic heterocycles. The molecule has 4 rings (SSSR count). The summed E-state index contributed by atoms with van der Waals surface area (Å²) in [5.41, 5.74) is 5.78. The molecule has 0 saturated heterocycles. The van der Waals surface area contributed by atoms with Crippen LogP contribution in [0.1, 0.15) is 42.1 Å². The van der Waals surface area contributed by atoms with Gasteiger partial charge in [-0.05, 0) is 72.9 Å². The summed E-state index contributed by atoms with van der Waals surface area (Å²) in [5, 5.41) is 19.9. The monoisotopic (exact) mass is 739 g/mol. The first-order chi connectivity index (χ1) is 21.7.